The fourth-order valence-corrected chi connectivity index (χ4v) is 2.57. The second-order valence-electron chi connectivity index (χ2n) is 6.88. The summed E-state index contributed by atoms with van der Waals surface area (Å²) in [6.07, 6.45) is 0.334. The van der Waals surface area contributed by atoms with E-state index in [9.17, 15) is 22.8 Å². The fourth-order valence-electron chi connectivity index (χ4n) is 2.17. The van der Waals surface area contributed by atoms with Crippen molar-refractivity contribution in [1.82, 2.24) is 19.7 Å². The van der Waals surface area contributed by atoms with E-state index in [0.717, 1.165) is 23.1 Å². The van der Waals surface area contributed by atoms with Gasteiger partial charge in [-0.2, -0.15) is 5.10 Å². The van der Waals surface area contributed by atoms with Gasteiger partial charge in [-0.25, -0.2) is 32.0 Å². The van der Waals surface area contributed by atoms with Gasteiger partial charge in [-0.3, -0.25) is 0 Å². The molecule has 0 unspecified atom stereocenters. The lowest BCUT2D eigenvalue weighted by Gasteiger charge is -2.20. The highest BCUT2D eigenvalue weighted by Gasteiger charge is 2.18. The van der Waals surface area contributed by atoms with Gasteiger partial charge in [0.1, 0.15) is 18.6 Å². The Bertz CT molecular complexity index is 940. The second kappa shape index (κ2) is 8.63. The molecular weight excluding hydrogens is 445 g/mol. The zero-order chi connectivity index (χ0) is 21.1. The summed E-state index contributed by atoms with van der Waals surface area (Å²) in [6, 6.07) is 1.99. The van der Waals surface area contributed by atoms with Crippen LogP contribution in [0.5, 0.6) is 0 Å². The van der Waals surface area contributed by atoms with Gasteiger partial charge in [0.25, 0.3) is 0 Å². The number of nitrogens with zero attached hydrogens (tertiary/aromatic N) is 3. The molecule has 0 atom stereocenters. The monoisotopic (exact) mass is 462 g/mol. The molecule has 2 aromatic rings. The number of carbonyl (C=O) groups excluding carboxylic acids is 1. The maximum Gasteiger partial charge on any atom is 0.407 e. The molecule has 11 heteroatoms. The molecular formula is C17H18BrF3N4O3. The summed E-state index contributed by atoms with van der Waals surface area (Å²) in [5.74, 6) is -1.95. The van der Waals surface area contributed by atoms with Gasteiger partial charge in [0.05, 0.1) is 12.9 Å². The molecule has 1 N–H and O–H groups in total. The number of hydrogen-bond donors (Lipinski definition) is 1. The largest absolute Gasteiger partial charge is 0.445 e. The standard InChI is InChI=1S/C17H18BrF3N4O3/c1-17(2,3)23-15(26)28-8-10(6-19)7-25-16(27)24(9-22-25)14-12(20)4-11(18)5-13(14)21/h4-6,9H,7-8H2,1-3H3,(H,23,26)/b10-6+. The highest BCUT2D eigenvalue weighted by Crippen LogP contribution is 2.21. The molecule has 1 aromatic carbocycles. The van der Waals surface area contributed by atoms with E-state index in [1.807, 2.05) is 0 Å². The van der Waals surface area contributed by atoms with Crippen molar-refractivity contribution in [1.29, 1.82) is 0 Å². The Morgan fingerprint density at radius 3 is 2.46 bits per heavy atom. The molecule has 1 aromatic heterocycles. The minimum Gasteiger partial charge on any atom is -0.445 e. The van der Waals surface area contributed by atoms with Gasteiger partial charge in [-0.1, -0.05) is 15.9 Å². The van der Waals surface area contributed by atoms with E-state index in [2.05, 4.69) is 26.3 Å². The van der Waals surface area contributed by atoms with Crippen LogP contribution in [0, 0.1) is 11.6 Å². The summed E-state index contributed by atoms with van der Waals surface area (Å²) in [6.45, 7) is 4.43. The van der Waals surface area contributed by atoms with Crippen LogP contribution in [0.2, 0.25) is 0 Å². The zero-order valence-corrected chi connectivity index (χ0v) is 16.9. The van der Waals surface area contributed by atoms with Crippen molar-refractivity contribution >= 4 is 22.0 Å². The van der Waals surface area contributed by atoms with Crippen molar-refractivity contribution in [2.75, 3.05) is 6.61 Å². The van der Waals surface area contributed by atoms with Crippen LogP contribution >= 0.6 is 15.9 Å². The van der Waals surface area contributed by atoms with E-state index >= 15 is 0 Å². The number of carbonyl (C=O) groups is 1. The van der Waals surface area contributed by atoms with Gasteiger partial charge in [0, 0.05) is 15.6 Å². The molecule has 1 heterocycles. The summed E-state index contributed by atoms with van der Waals surface area (Å²) < 4.78 is 47.7. The highest BCUT2D eigenvalue weighted by molar-refractivity contribution is 9.10. The Morgan fingerprint density at radius 1 is 1.32 bits per heavy atom. The van der Waals surface area contributed by atoms with Crippen molar-refractivity contribution in [3.63, 3.8) is 0 Å². The average Bonchev–Trinajstić information content (AvgIpc) is 2.90. The van der Waals surface area contributed by atoms with E-state index < -0.39 is 41.3 Å². The van der Waals surface area contributed by atoms with Crippen LogP contribution in [0.1, 0.15) is 20.8 Å². The molecule has 28 heavy (non-hydrogen) atoms. The number of rotatable bonds is 5. The lowest BCUT2D eigenvalue weighted by Crippen LogP contribution is -2.41. The van der Waals surface area contributed by atoms with Crippen molar-refractivity contribution in [3.8, 4) is 5.69 Å². The molecule has 2 rings (SSSR count). The fraction of sp³-hybridized carbons (Fsp3) is 0.353. The van der Waals surface area contributed by atoms with E-state index in [1.165, 1.54) is 0 Å². The molecule has 0 fully saturated rings. The molecule has 0 bridgehead atoms. The van der Waals surface area contributed by atoms with E-state index in [4.69, 9.17) is 4.74 Å². The van der Waals surface area contributed by atoms with Crippen LogP contribution in [-0.4, -0.2) is 32.6 Å². The first-order valence-corrected chi connectivity index (χ1v) is 8.83. The number of amides is 1. The third-order valence-corrected chi connectivity index (χ3v) is 3.79. The summed E-state index contributed by atoms with van der Waals surface area (Å²) >= 11 is 2.95. The predicted molar refractivity (Wildman–Crippen MR) is 98.9 cm³/mol. The number of halogens is 4. The summed E-state index contributed by atoms with van der Waals surface area (Å²) in [5.41, 5.74) is -2.11. The van der Waals surface area contributed by atoms with E-state index in [-0.39, 0.29) is 22.9 Å². The third-order valence-electron chi connectivity index (χ3n) is 3.33. The first kappa shape index (κ1) is 21.7. The number of alkyl carbamates (subject to hydrolysis) is 1. The molecule has 0 aliphatic carbocycles. The summed E-state index contributed by atoms with van der Waals surface area (Å²) in [4.78, 5) is 24.0. The minimum absolute atomic E-state index is 0.0758. The van der Waals surface area contributed by atoms with Crippen LogP contribution in [0.25, 0.3) is 5.69 Å². The van der Waals surface area contributed by atoms with E-state index in [0.29, 0.717) is 4.57 Å². The van der Waals surface area contributed by atoms with E-state index in [1.54, 1.807) is 20.8 Å². The molecule has 0 aliphatic heterocycles. The first-order valence-electron chi connectivity index (χ1n) is 8.04. The molecule has 0 spiro atoms. The Balaban J connectivity index is 2.16. The van der Waals surface area contributed by atoms with Crippen molar-refractivity contribution in [2.24, 2.45) is 0 Å². The second-order valence-corrected chi connectivity index (χ2v) is 7.79. The van der Waals surface area contributed by atoms with Gasteiger partial charge in [0.15, 0.2) is 11.6 Å². The van der Waals surface area contributed by atoms with Gasteiger partial charge in [0.2, 0.25) is 0 Å². The maximum absolute atomic E-state index is 14.1. The Morgan fingerprint density at radius 2 is 1.93 bits per heavy atom. The van der Waals surface area contributed by atoms with Gasteiger partial charge in [-0.05, 0) is 32.9 Å². The van der Waals surface area contributed by atoms with Crippen LogP contribution in [-0.2, 0) is 11.3 Å². The summed E-state index contributed by atoms with van der Waals surface area (Å²) in [7, 11) is 0. The average molecular weight is 463 g/mol. The first-order chi connectivity index (χ1) is 13.0. The summed E-state index contributed by atoms with van der Waals surface area (Å²) in [5, 5.41) is 6.26. The molecule has 0 saturated carbocycles. The highest BCUT2D eigenvalue weighted by atomic mass is 79.9. The number of aromatic nitrogens is 3. The molecule has 0 radical (unpaired) electrons. The SMILES string of the molecule is CC(C)(C)NC(=O)OC/C(=C/F)Cn1ncn(-c2c(F)cc(Br)cc2F)c1=O. The van der Waals surface area contributed by atoms with Crippen LogP contribution in [0.3, 0.4) is 0 Å². The van der Waals surface area contributed by atoms with Crippen LogP contribution < -0.4 is 11.0 Å². The van der Waals surface area contributed by atoms with Crippen molar-refractivity contribution in [3.05, 3.63) is 57.0 Å². The molecule has 1 amide bonds. The maximum atomic E-state index is 14.1. The van der Waals surface area contributed by atoms with Gasteiger partial charge >= 0.3 is 11.8 Å². The lowest BCUT2D eigenvalue weighted by atomic mass is 10.1. The number of ether oxygens (including phenoxy) is 1. The van der Waals surface area contributed by atoms with Gasteiger partial charge < -0.3 is 10.1 Å². The Hall–Kier alpha value is -2.56. The topological polar surface area (TPSA) is 78.2 Å². The molecule has 152 valence electrons. The van der Waals surface area contributed by atoms with Crippen molar-refractivity contribution in [2.45, 2.75) is 32.9 Å². The van der Waals surface area contributed by atoms with Gasteiger partial charge in [-0.15, -0.1) is 0 Å². The molecule has 7 nitrogen and oxygen atoms in total. The number of nitrogens with one attached hydrogen (secondary N) is 1. The van der Waals surface area contributed by atoms with Crippen LogP contribution in [0.4, 0.5) is 18.0 Å². The molecule has 0 saturated heterocycles. The Labute approximate surface area is 166 Å². The smallest absolute Gasteiger partial charge is 0.407 e. The number of benzene rings is 1. The Kier molecular flexibility index (Phi) is 6.70. The molecule has 0 aliphatic rings. The quantitative estimate of drug-likeness (QED) is 0.737. The normalized spacial score (nSPS) is 12.2. The third kappa shape index (κ3) is 5.47. The predicted octanol–water partition coefficient (Wildman–Crippen LogP) is 3.45. The zero-order valence-electron chi connectivity index (χ0n) is 15.3. The minimum atomic E-state index is -0.975. The lowest BCUT2D eigenvalue weighted by molar-refractivity contribution is 0.145. The van der Waals surface area contributed by atoms with Crippen molar-refractivity contribution < 1.29 is 22.7 Å². The van der Waals surface area contributed by atoms with Crippen LogP contribution in [0.15, 0.2) is 39.6 Å². The number of hydrogen-bond acceptors (Lipinski definition) is 4.